The van der Waals surface area contributed by atoms with Gasteiger partial charge in [0, 0.05) is 11.8 Å². The molecule has 0 aliphatic heterocycles. The van der Waals surface area contributed by atoms with Crippen LogP contribution in [0.3, 0.4) is 0 Å². The molecule has 14 heavy (non-hydrogen) atoms. The standard InChI is InChI=1S/C10H15ClN2O/c1-6(2)8(4)14-9-7(3)5-12-10(11)13-9/h5-6,8H,1-4H3. The van der Waals surface area contributed by atoms with Crippen molar-refractivity contribution in [3.8, 4) is 5.88 Å². The van der Waals surface area contributed by atoms with Crippen LogP contribution in [0.15, 0.2) is 6.20 Å². The molecule has 78 valence electrons. The van der Waals surface area contributed by atoms with Crippen LogP contribution in [0.4, 0.5) is 0 Å². The van der Waals surface area contributed by atoms with E-state index in [9.17, 15) is 0 Å². The first-order valence-corrected chi connectivity index (χ1v) is 5.04. The summed E-state index contributed by atoms with van der Waals surface area (Å²) in [6, 6.07) is 0. The van der Waals surface area contributed by atoms with Crippen LogP contribution in [0.2, 0.25) is 5.28 Å². The highest BCUT2D eigenvalue weighted by molar-refractivity contribution is 6.28. The minimum absolute atomic E-state index is 0.125. The van der Waals surface area contributed by atoms with Gasteiger partial charge in [0.1, 0.15) is 0 Å². The van der Waals surface area contributed by atoms with E-state index in [-0.39, 0.29) is 11.4 Å². The van der Waals surface area contributed by atoms with Gasteiger partial charge in [0.05, 0.1) is 6.10 Å². The molecule has 0 aromatic carbocycles. The van der Waals surface area contributed by atoms with Crippen LogP contribution in [0.1, 0.15) is 26.3 Å². The Hall–Kier alpha value is -0.830. The van der Waals surface area contributed by atoms with E-state index in [1.807, 2.05) is 13.8 Å². The van der Waals surface area contributed by atoms with Gasteiger partial charge in [0.2, 0.25) is 11.2 Å². The van der Waals surface area contributed by atoms with Crippen molar-refractivity contribution in [3.05, 3.63) is 17.0 Å². The average molecular weight is 215 g/mol. The second-order valence-electron chi connectivity index (χ2n) is 3.69. The van der Waals surface area contributed by atoms with Crippen molar-refractivity contribution in [1.82, 2.24) is 9.97 Å². The van der Waals surface area contributed by atoms with Crippen LogP contribution in [0.5, 0.6) is 5.88 Å². The number of ether oxygens (including phenoxy) is 1. The smallest absolute Gasteiger partial charge is 0.225 e. The molecular weight excluding hydrogens is 200 g/mol. The normalized spacial score (nSPS) is 13.0. The monoisotopic (exact) mass is 214 g/mol. The number of rotatable bonds is 3. The molecule has 0 saturated heterocycles. The van der Waals surface area contributed by atoms with Crippen LogP contribution in [-0.4, -0.2) is 16.1 Å². The Labute approximate surface area is 89.5 Å². The van der Waals surface area contributed by atoms with Crippen LogP contribution < -0.4 is 4.74 Å². The second kappa shape index (κ2) is 4.60. The molecule has 1 rings (SSSR count). The van der Waals surface area contributed by atoms with E-state index in [4.69, 9.17) is 16.3 Å². The lowest BCUT2D eigenvalue weighted by Gasteiger charge is -2.18. The fourth-order valence-corrected chi connectivity index (χ4v) is 0.963. The highest BCUT2D eigenvalue weighted by Gasteiger charge is 2.11. The van der Waals surface area contributed by atoms with Gasteiger partial charge >= 0.3 is 0 Å². The van der Waals surface area contributed by atoms with Crippen molar-refractivity contribution >= 4 is 11.6 Å². The van der Waals surface area contributed by atoms with E-state index in [2.05, 4.69) is 23.8 Å². The minimum atomic E-state index is 0.125. The van der Waals surface area contributed by atoms with Gasteiger partial charge in [0.25, 0.3) is 0 Å². The summed E-state index contributed by atoms with van der Waals surface area (Å²) < 4.78 is 5.65. The summed E-state index contributed by atoms with van der Waals surface area (Å²) in [6.07, 6.45) is 1.79. The molecule has 0 aliphatic carbocycles. The SMILES string of the molecule is Cc1cnc(Cl)nc1OC(C)C(C)C. The molecule has 0 fully saturated rings. The van der Waals surface area contributed by atoms with Crippen LogP contribution >= 0.6 is 11.6 Å². The Balaban J connectivity index is 2.80. The van der Waals surface area contributed by atoms with Crippen molar-refractivity contribution < 1.29 is 4.74 Å². The third-order valence-electron chi connectivity index (χ3n) is 2.13. The molecule has 1 aromatic heterocycles. The third kappa shape index (κ3) is 2.84. The van der Waals surface area contributed by atoms with Gasteiger partial charge in [-0.2, -0.15) is 4.98 Å². The lowest BCUT2D eigenvalue weighted by atomic mass is 10.1. The molecule has 0 aliphatic rings. The zero-order chi connectivity index (χ0) is 10.7. The van der Waals surface area contributed by atoms with Crippen LogP contribution in [0, 0.1) is 12.8 Å². The Morgan fingerprint density at radius 2 is 2.00 bits per heavy atom. The maximum Gasteiger partial charge on any atom is 0.225 e. The molecule has 0 saturated carbocycles. The van der Waals surface area contributed by atoms with Crippen molar-refractivity contribution in [2.24, 2.45) is 5.92 Å². The zero-order valence-electron chi connectivity index (χ0n) is 8.91. The van der Waals surface area contributed by atoms with E-state index in [1.54, 1.807) is 6.20 Å². The van der Waals surface area contributed by atoms with Gasteiger partial charge in [-0.3, -0.25) is 0 Å². The van der Waals surface area contributed by atoms with Crippen molar-refractivity contribution in [2.75, 3.05) is 0 Å². The predicted octanol–water partition coefficient (Wildman–Crippen LogP) is 2.86. The maximum atomic E-state index is 5.68. The maximum absolute atomic E-state index is 5.68. The van der Waals surface area contributed by atoms with Gasteiger partial charge in [-0.15, -0.1) is 0 Å². The molecule has 3 nitrogen and oxygen atoms in total. The summed E-state index contributed by atoms with van der Waals surface area (Å²) in [5.74, 6) is 1.02. The Morgan fingerprint density at radius 1 is 1.36 bits per heavy atom. The van der Waals surface area contributed by atoms with E-state index in [0.717, 1.165) is 5.56 Å². The molecule has 0 radical (unpaired) electrons. The van der Waals surface area contributed by atoms with Gasteiger partial charge in [0.15, 0.2) is 0 Å². The summed E-state index contributed by atoms with van der Waals surface area (Å²) in [7, 11) is 0. The van der Waals surface area contributed by atoms with E-state index < -0.39 is 0 Å². The number of halogens is 1. The molecule has 1 unspecified atom stereocenters. The highest BCUT2D eigenvalue weighted by Crippen LogP contribution is 2.18. The summed E-state index contributed by atoms with van der Waals surface area (Å²) in [5.41, 5.74) is 0.905. The fraction of sp³-hybridized carbons (Fsp3) is 0.600. The largest absolute Gasteiger partial charge is 0.474 e. The number of aryl methyl sites for hydroxylation is 1. The van der Waals surface area contributed by atoms with Gasteiger partial charge < -0.3 is 4.74 Å². The molecule has 1 atom stereocenters. The number of hydrogen-bond donors (Lipinski definition) is 0. The van der Waals surface area contributed by atoms with E-state index in [1.165, 1.54) is 0 Å². The molecule has 0 bridgehead atoms. The van der Waals surface area contributed by atoms with Crippen LogP contribution in [0.25, 0.3) is 0 Å². The lowest BCUT2D eigenvalue weighted by Crippen LogP contribution is -2.19. The number of aromatic nitrogens is 2. The molecule has 4 heteroatoms. The topological polar surface area (TPSA) is 35.0 Å². The Kier molecular flexibility index (Phi) is 3.69. The van der Waals surface area contributed by atoms with Crippen molar-refractivity contribution in [3.63, 3.8) is 0 Å². The minimum Gasteiger partial charge on any atom is -0.474 e. The summed E-state index contributed by atoms with van der Waals surface area (Å²) in [6.45, 7) is 8.12. The molecule has 0 spiro atoms. The first-order valence-electron chi connectivity index (χ1n) is 4.66. The summed E-state index contributed by atoms with van der Waals surface area (Å²) in [4.78, 5) is 7.89. The molecule has 0 amide bonds. The molecule has 1 aromatic rings. The van der Waals surface area contributed by atoms with Gasteiger partial charge in [-0.25, -0.2) is 4.98 Å². The number of hydrogen-bond acceptors (Lipinski definition) is 3. The second-order valence-corrected chi connectivity index (χ2v) is 4.03. The van der Waals surface area contributed by atoms with E-state index in [0.29, 0.717) is 11.8 Å². The molecule has 0 N–H and O–H groups in total. The fourth-order valence-electron chi connectivity index (χ4n) is 0.838. The highest BCUT2D eigenvalue weighted by atomic mass is 35.5. The number of nitrogens with zero attached hydrogens (tertiary/aromatic N) is 2. The van der Waals surface area contributed by atoms with Crippen LogP contribution in [-0.2, 0) is 0 Å². The first kappa shape index (κ1) is 11.2. The van der Waals surface area contributed by atoms with Crippen molar-refractivity contribution in [1.29, 1.82) is 0 Å². The zero-order valence-corrected chi connectivity index (χ0v) is 9.67. The third-order valence-corrected chi connectivity index (χ3v) is 2.31. The summed E-state index contributed by atoms with van der Waals surface area (Å²) >= 11 is 5.68. The van der Waals surface area contributed by atoms with Gasteiger partial charge in [-0.1, -0.05) is 13.8 Å². The Morgan fingerprint density at radius 3 is 2.57 bits per heavy atom. The van der Waals surface area contributed by atoms with Crippen molar-refractivity contribution in [2.45, 2.75) is 33.8 Å². The van der Waals surface area contributed by atoms with Gasteiger partial charge in [-0.05, 0) is 31.4 Å². The van der Waals surface area contributed by atoms with E-state index >= 15 is 0 Å². The predicted molar refractivity (Wildman–Crippen MR) is 56.7 cm³/mol. The lowest BCUT2D eigenvalue weighted by molar-refractivity contribution is 0.162. The molecular formula is C10H15ClN2O. The quantitative estimate of drug-likeness (QED) is 0.726. The average Bonchev–Trinajstić information content (AvgIpc) is 2.11. The molecule has 1 heterocycles. The first-order chi connectivity index (χ1) is 6.50. The summed E-state index contributed by atoms with van der Waals surface area (Å²) in [5, 5.41) is 0.224. The Bertz CT molecular complexity index is 315.